The van der Waals surface area contributed by atoms with Crippen molar-refractivity contribution >= 4 is 12.6 Å². The summed E-state index contributed by atoms with van der Waals surface area (Å²) in [4.78, 5) is 0. The molecule has 0 amide bonds. The molecule has 0 heterocycles. The number of benzene rings is 1. The summed E-state index contributed by atoms with van der Waals surface area (Å²) in [7, 11) is 0. The number of thiol groups is 1. The number of halogens is 2. The Morgan fingerprint density at radius 3 is 2.67 bits per heavy atom. The van der Waals surface area contributed by atoms with Gasteiger partial charge in [0, 0.05) is 17.4 Å². The molecule has 1 nitrogen and oxygen atoms in total. The monoisotopic (exact) mass is 189 g/mol. The fraction of sp³-hybridized carbons (Fsp3) is 0.250. The van der Waals surface area contributed by atoms with E-state index >= 15 is 0 Å². The molecule has 1 unspecified atom stereocenters. The van der Waals surface area contributed by atoms with E-state index in [0.29, 0.717) is 5.75 Å². The van der Waals surface area contributed by atoms with Crippen LogP contribution in [0, 0.1) is 11.6 Å². The predicted octanol–water partition coefficient (Wildman–Crippen LogP) is 1.89. The minimum atomic E-state index is -0.876. The summed E-state index contributed by atoms with van der Waals surface area (Å²) in [6.07, 6.45) is 0. The zero-order chi connectivity index (χ0) is 9.14. The van der Waals surface area contributed by atoms with Crippen LogP contribution in [0.5, 0.6) is 0 Å². The van der Waals surface area contributed by atoms with Gasteiger partial charge >= 0.3 is 0 Å². The van der Waals surface area contributed by atoms with Crippen molar-refractivity contribution in [2.75, 3.05) is 5.75 Å². The number of rotatable bonds is 2. The lowest BCUT2D eigenvalue weighted by Crippen LogP contribution is -2.14. The maximum Gasteiger partial charge on any atom is 0.163 e. The Kier molecular flexibility index (Phi) is 3.05. The van der Waals surface area contributed by atoms with Crippen LogP contribution < -0.4 is 5.73 Å². The lowest BCUT2D eigenvalue weighted by atomic mass is 10.1. The number of hydrogen-bond acceptors (Lipinski definition) is 2. The second kappa shape index (κ2) is 3.87. The fourth-order valence-electron chi connectivity index (χ4n) is 0.905. The minimum Gasteiger partial charge on any atom is -0.323 e. The van der Waals surface area contributed by atoms with Gasteiger partial charge in [-0.05, 0) is 6.07 Å². The van der Waals surface area contributed by atoms with Gasteiger partial charge < -0.3 is 5.73 Å². The summed E-state index contributed by atoms with van der Waals surface area (Å²) < 4.78 is 25.6. The molecule has 12 heavy (non-hydrogen) atoms. The van der Waals surface area contributed by atoms with Crippen molar-refractivity contribution in [1.29, 1.82) is 0 Å². The third-order valence-electron chi connectivity index (χ3n) is 1.58. The van der Waals surface area contributed by atoms with Crippen LogP contribution in [0.15, 0.2) is 18.2 Å². The third kappa shape index (κ3) is 1.76. The maximum absolute atomic E-state index is 13.0. The molecule has 0 bridgehead atoms. The van der Waals surface area contributed by atoms with Crippen LogP contribution in [0.25, 0.3) is 0 Å². The first-order chi connectivity index (χ1) is 5.66. The number of hydrogen-bond donors (Lipinski definition) is 2. The van der Waals surface area contributed by atoms with Gasteiger partial charge in [-0.2, -0.15) is 12.6 Å². The Bertz CT molecular complexity index is 278. The highest BCUT2D eigenvalue weighted by atomic mass is 32.1. The topological polar surface area (TPSA) is 26.0 Å². The first-order valence-electron chi connectivity index (χ1n) is 3.47. The molecule has 0 fully saturated rings. The molecule has 1 aromatic rings. The molecule has 0 saturated carbocycles. The van der Waals surface area contributed by atoms with Gasteiger partial charge in [0.1, 0.15) is 0 Å². The van der Waals surface area contributed by atoms with E-state index in [9.17, 15) is 8.78 Å². The van der Waals surface area contributed by atoms with Crippen LogP contribution in [0.3, 0.4) is 0 Å². The molecule has 0 saturated heterocycles. The normalized spacial score (nSPS) is 13.0. The van der Waals surface area contributed by atoms with Crippen LogP contribution in [-0.4, -0.2) is 5.75 Å². The van der Waals surface area contributed by atoms with Crippen molar-refractivity contribution in [3.63, 3.8) is 0 Å². The zero-order valence-electron chi connectivity index (χ0n) is 6.30. The maximum atomic E-state index is 13.0. The van der Waals surface area contributed by atoms with E-state index in [2.05, 4.69) is 12.6 Å². The lowest BCUT2D eigenvalue weighted by molar-refractivity contribution is 0.493. The van der Waals surface area contributed by atoms with Crippen molar-refractivity contribution in [1.82, 2.24) is 0 Å². The Morgan fingerprint density at radius 2 is 2.08 bits per heavy atom. The van der Waals surface area contributed by atoms with Gasteiger partial charge in [0.05, 0.1) is 0 Å². The molecular weight excluding hydrogens is 180 g/mol. The summed E-state index contributed by atoms with van der Waals surface area (Å²) >= 11 is 3.89. The van der Waals surface area contributed by atoms with E-state index in [1.165, 1.54) is 12.1 Å². The molecule has 66 valence electrons. The second-order valence-electron chi connectivity index (χ2n) is 2.43. The van der Waals surface area contributed by atoms with Gasteiger partial charge in [0.2, 0.25) is 0 Å². The van der Waals surface area contributed by atoms with Crippen LogP contribution in [-0.2, 0) is 0 Å². The van der Waals surface area contributed by atoms with E-state index < -0.39 is 17.7 Å². The molecule has 0 aromatic heterocycles. The van der Waals surface area contributed by atoms with Crippen molar-refractivity contribution < 1.29 is 8.78 Å². The van der Waals surface area contributed by atoms with Gasteiger partial charge in [0.25, 0.3) is 0 Å². The van der Waals surface area contributed by atoms with Crippen LogP contribution >= 0.6 is 12.6 Å². The molecule has 0 aliphatic heterocycles. The minimum absolute atomic E-state index is 0.171. The molecule has 0 radical (unpaired) electrons. The molecule has 1 aromatic carbocycles. The molecule has 0 aliphatic carbocycles. The second-order valence-corrected chi connectivity index (χ2v) is 2.80. The van der Waals surface area contributed by atoms with Crippen LogP contribution in [0.4, 0.5) is 8.78 Å². The predicted molar refractivity (Wildman–Crippen MR) is 47.1 cm³/mol. The van der Waals surface area contributed by atoms with E-state index in [1.54, 1.807) is 0 Å². The average Bonchev–Trinajstić information content (AvgIpc) is 2.08. The smallest absolute Gasteiger partial charge is 0.163 e. The summed E-state index contributed by atoms with van der Waals surface area (Å²) in [5.74, 6) is -1.45. The van der Waals surface area contributed by atoms with Crippen LogP contribution in [0.2, 0.25) is 0 Å². The Balaban J connectivity index is 3.07. The summed E-state index contributed by atoms with van der Waals surface area (Å²) in [6.45, 7) is 0. The van der Waals surface area contributed by atoms with Crippen molar-refractivity contribution in [3.8, 4) is 0 Å². The van der Waals surface area contributed by atoms with Gasteiger partial charge in [-0.1, -0.05) is 12.1 Å². The summed E-state index contributed by atoms with van der Waals surface area (Å²) in [5.41, 5.74) is 5.65. The molecule has 2 N–H and O–H groups in total. The molecule has 1 rings (SSSR count). The largest absolute Gasteiger partial charge is 0.323 e. The standard InChI is InChI=1S/C8H9F2NS/c9-6-3-1-2-5(8(6)10)7(11)4-12/h1-3,7,12H,4,11H2. The molecule has 4 heteroatoms. The van der Waals surface area contributed by atoms with Crippen LogP contribution in [0.1, 0.15) is 11.6 Å². The highest BCUT2D eigenvalue weighted by Crippen LogP contribution is 2.17. The van der Waals surface area contributed by atoms with Gasteiger partial charge in [-0.3, -0.25) is 0 Å². The van der Waals surface area contributed by atoms with E-state index in [1.807, 2.05) is 0 Å². The van der Waals surface area contributed by atoms with E-state index in [-0.39, 0.29) is 5.56 Å². The highest BCUT2D eigenvalue weighted by Gasteiger charge is 2.12. The van der Waals surface area contributed by atoms with E-state index in [4.69, 9.17) is 5.73 Å². The SMILES string of the molecule is NC(CS)c1cccc(F)c1F. The first kappa shape index (κ1) is 9.48. The molecule has 1 atom stereocenters. The highest BCUT2D eigenvalue weighted by molar-refractivity contribution is 7.80. The van der Waals surface area contributed by atoms with Gasteiger partial charge in [0.15, 0.2) is 11.6 Å². The third-order valence-corrected chi connectivity index (χ3v) is 1.97. The Hall–Kier alpha value is -0.610. The molecule has 0 aliphatic rings. The van der Waals surface area contributed by atoms with Gasteiger partial charge in [-0.25, -0.2) is 8.78 Å². The quantitative estimate of drug-likeness (QED) is 0.683. The summed E-state index contributed by atoms with van der Waals surface area (Å²) in [5, 5.41) is 0. The molecular formula is C8H9F2NS. The Morgan fingerprint density at radius 1 is 1.42 bits per heavy atom. The van der Waals surface area contributed by atoms with Crippen molar-refractivity contribution in [3.05, 3.63) is 35.4 Å². The Labute approximate surface area is 75.0 Å². The fourth-order valence-corrected chi connectivity index (χ4v) is 1.10. The van der Waals surface area contributed by atoms with Crippen molar-refractivity contribution in [2.45, 2.75) is 6.04 Å². The average molecular weight is 189 g/mol. The van der Waals surface area contributed by atoms with E-state index in [0.717, 1.165) is 6.07 Å². The molecule has 0 spiro atoms. The zero-order valence-corrected chi connectivity index (χ0v) is 7.19. The number of nitrogens with two attached hydrogens (primary N) is 1. The summed E-state index contributed by atoms with van der Waals surface area (Å²) in [6, 6.07) is 3.39. The lowest BCUT2D eigenvalue weighted by Gasteiger charge is -2.09. The van der Waals surface area contributed by atoms with Gasteiger partial charge in [-0.15, -0.1) is 0 Å². The van der Waals surface area contributed by atoms with Crippen molar-refractivity contribution in [2.24, 2.45) is 5.73 Å². The first-order valence-corrected chi connectivity index (χ1v) is 4.10.